The van der Waals surface area contributed by atoms with Crippen molar-refractivity contribution >= 4 is 18.0 Å². The summed E-state index contributed by atoms with van der Waals surface area (Å²) in [6.07, 6.45) is 5.52. The van der Waals surface area contributed by atoms with Crippen LogP contribution in [0.15, 0.2) is 24.5 Å². The van der Waals surface area contributed by atoms with Gasteiger partial charge in [-0.15, -0.1) is 6.07 Å². The molecule has 0 radical (unpaired) electrons. The number of rotatable bonds is 3. The van der Waals surface area contributed by atoms with Gasteiger partial charge < -0.3 is 26.3 Å². The quantitative estimate of drug-likeness (QED) is 0.588. The standard InChI is InChI=1S/C14H16N4.C5H9O2.Li/c1-3-13-11(2)9-12(10-15-13)17-7-4-8-18-14(17)5-6-16-18;1-5(2,3)7-4-6;/h5-6,9-10H,1-4,7-8H2;1-3H3;/q-2;-1;+1. The zero-order valence-electron chi connectivity index (χ0n) is 16.2. The van der Waals surface area contributed by atoms with Gasteiger partial charge in [-0.05, 0) is 27.2 Å². The molecule has 0 bridgehead atoms. The fraction of sp³-hybridized carbons (Fsp3) is 0.421. The number of nitrogens with zero attached hydrogens (tertiary/aromatic N) is 4. The van der Waals surface area contributed by atoms with Crippen molar-refractivity contribution in [2.75, 3.05) is 11.4 Å². The van der Waals surface area contributed by atoms with Crippen LogP contribution in [0.5, 0.6) is 0 Å². The molecule has 0 N–H and O–H groups in total. The Bertz CT molecular complexity index is 710. The van der Waals surface area contributed by atoms with E-state index in [4.69, 9.17) is 0 Å². The van der Waals surface area contributed by atoms with Crippen LogP contribution < -0.4 is 23.8 Å². The molecule has 26 heavy (non-hydrogen) atoms. The first-order valence-corrected chi connectivity index (χ1v) is 8.30. The summed E-state index contributed by atoms with van der Waals surface area (Å²) in [6, 6.07) is 4.12. The third-order valence-electron chi connectivity index (χ3n) is 3.66. The number of hydrogen-bond donors (Lipinski definition) is 0. The van der Waals surface area contributed by atoms with Crippen molar-refractivity contribution in [2.45, 2.75) is 45.8 Å². The Balaban J connectivity index is 0.000000366. The molecule has 0 aromatic carbocycles. The Kier molecular flexibility index (Phi) is 8.26. The Morgan fingerprint density at radius 3 is 2.62 bits per heavy atom. The van der Waals surface area contributed by atoms with Gasteiger partial charge in [-0.2, -0.15) is 24.0 Å². The van der Waals surface area contributed by atoms with Gasteiger partial charge in [0.15, 0.2) is 0 Å². The Morgan fingerprint density at radius 2 is 2.08 bits per heavy atom. The van der Waals surface area contributed by atoms with Crippen molar-refractivity contribution in [3.63, 3.8) is 0 Å². The van der Waals surface area contributed by atoms with E-state index in [1.165, 1.54) is 6.47 Å². The van der Waals surface area contributed by atoms with Gasteiger partial charge in [-0.3, -0.25) is 0 Å². The fourth-order valence-electron chi connectivity index (χ4n) is 2.51. The molecule has 2 aromatic rings. The molecule has 2 aromatic heterocycles. The molecule has 0 saturated carbocycles. The second kappa shape index (κ2) is 9.70. The number of ether oxygens (including phenoxy) is 1. The van der Waals surface area contributed by atoms with Gasteiger partial charge in [0, 0.05) is 31.0 Å². The molecule has 6 nitrogen and oxygen atoms in total. The van der Waals surface area contributed by atoms with Gasteiger partial charge in [-0.25, -0.2) is 4.68 Å². The number of fused-ring (bicyclic) bond motifs is 1. The summed E-state index contributed by atoms with van der Waals surface area (Å²) in [7, 11) is 0. The predicted molar refractivity (Wildman–Crippen MR) is 98.1 cm³/mol. The smallest absolute Gasteiger partial charge is 0.649 e. The van der Waals surface area contributed by atoms with Crippen LogP contribution >= 0.6 is 0 Å². The second-order valence-corrected chi connectivity index (χ2v) is 6.76. The van der Waals surface area contributed by atoms with E-state index >= 15 is 0 Å². The summed E-state index contributed by atoms with van der Waals surface area (Å²) < 4.78 is 6.45. The first kappa shape index (κ1) is 22.1. The van der Waals surface area contributed by atoms with Crippen LogP contribution in [0, 0.1) is 13.8 Å². The van der Waals surface area contributed by atoms with E-state index in [9.17, 15) is 4.79 Å². The topological polar surface area (TPSA) is 60.2 Å². The minimum absolute atomic E-state index is 0. The molecule has 0 unspecified atom stereocenters. The first-order valence-electron chi connectivity index (χ1n) is 8.30. The van der Waals surface area contributed by atoms with Crippen molar-refractivity contribution < 1.29 is 28.4 Å². The predicted octanol–water partition coefficient (Wildman–Crippen LogP) is 0.251. The summed E-state index contributed by atoms with van der Waals surface area (Å²) in [5, 5.41) is 4.32. The normalized spacial score (nSPS) is 13.0. The summed E-state index contributed by atoms with van der Waals surface area (Å²) in [4.78, 5) is 16.1. The third-order valence-corrected chi connectivity index (χ3v) is 3.66. The summed E-state index contributed by atoms with van der Waals surface area (Å²) >= 11 is 0. The summed E-state index contributed by atoms with van der Waals surface area (Å²) in [6.45, 7) is 16.6. The molecule has 1 aliphatic heterocycles. The molecule has 0 atom stereocenters. The average molecular weight is 348 g/mol. The number of carbonyl (C=O) groups excluding carboxylic acids is 1. The van der Waals surface area contributed by atoms with Crippen LogP contribution in [0.25, 0.3) is 0 Å². The zero-order valence-corrected chi connectivity index (χ0v) is 16.2. The van der Waals surface area contributed by atoms with E-state index in [0.29, 0.717) is 6.42 Å². The number of aryl methyl sites for hydroxylation is 1. The van der Waals surface area contributed by atoms with Gasteiger partial charge in [-0.1, -0.05) is 12.2 Å². The fourth-order valence-corrected chi connectivity index (χ4v) is 2.51. The maximum atomic E-state index is 9.47. The molecular formula is C19H25LiN4O2-2. The molecule has 0 fully saturated rings. The molecule has 3 rings (SSSR count). The van der Waals surface area contributed by atoms with E-state index in [0.717, 1.165) is 42.3 Å². The van der Waals surface area contributed by atoms with Gasteiger partial charge in [0.1, 0.15) is 5.82 Å². The largest absolute Gasteiger partial charge is 1.00 e. The number of pyridine rings is 1. The van der Waals surface area contributed by atoms with Crippen LogP contribution in [0.2, 0.25) is 0 Å². The summed E-state index contributed by atoms with van der Waals surface area (Å²) in [5.74, 6) is 1.13. The van der Waals surface area contributed by atoms with Gasteiger partial charge in [0.25, 0.3) is 0 Å². The Morgan fingerprint density at radius 1 is 1.35 bits per heavy atom. The molecule has 3 heterocycles. The molecule has 0 amide bonds. The SMILES string of the molecule is CC(C)(C)O[C-]=O.[CH2-]Cc1ncc(N2CCCn3nccc32)cc1[CH2-].[Li+]. The van der Waals surface area contributed by atoms with Crippen LogP contribution in [-0.4, -0.2) is 33.4 Å². The maximum Gasteiger partial charge on any atom is 1.00 e. The van der Waals surface area contributed by atoms with Crippen molar-refractivity contribution in [3.05, 3.63) is 49.6 Å². The Labute approximate surface area is 168 Å². The van der Waals surface area contributed by atoms with Crippen LogP contribution in [0.3, 0.4) is 0 Å². The molecule has 136 valence electrons. The number of anilines is 2. The maximum absolute atomic E-state index is 9.47. The van der Waals surface area contributed by atoms with E-state index in [2.05, 4.69) is 39.6 Å². The first-order chi connectivity index (χ1) is 11.9. The van der Waals surface area contributed by atoms with Crippen molar-refractivity contribution in [1.82, 2.24) is 14.8 Å². The van der Waals surface area contributed by atoms with Gasteiger partial charge >= 0.3 is 18.9 Å². The number of hydrogen-bond acceptors (Lipinski definition) is 5. The van der Waals surface area contributed by atoms with E-state index in [-0.39, 0.29) is 24.5 Å². The van der Waals surface area contributed by atoms with E-state index in [1.807, 2.05) is 23.1 Å². The van der Waals surface area contributed by atoms with Crippen LogP contribution in [-0.2, 0) is 22.5 Å². The third kappa shape index (κ3) is 5.82. The van der Waals surface area contributed by atoms with Crippen molar-refractivity contribution in [1.29, 1.82) is 0 Å². The minimum Gasteiger partial charge on any atom is -0.649 e. The van der Waals surface area contributed by atoms with Crippen LogP contribution in [0.4, 0.5) is 11.5 Å². The Hall–Kier alpha value is -1.90. The van der Waals surface area contributed by atoms with Crippen molar-refractivity contribution in [2.24, 2.45) is 0 Å². The van der Waals surface area contributed by atoms with Gasteiger partial charge in [0.2, 0.25) is 0 Å². The molecular weight excluding hydrogens is 323 g/mol. The molecule has 0 saturated heterocycles. The van der Waals surface area contributed by atoms with E-state index < -0.39 is 0 Å². The molecule has 1 aliphatic rings. The zero-order chi connectivity index (χ0) is 18.4. The molecule has 0 aliphatic carbocycles. The van der Waals surface area contributed by atoms with Crippen molar-refractivity contribution in [3.8, 4) is 0 Å². The van der Waals surface area contributed by atoms with Crippen LogP contribution in [0.1, 0.15) is 38.4 Å². The van der Waals surface area contributed by atoms with Gasteiger partial charge in [0.05, 0.1) is 11.8 Å². The van der Waals surface area contributed by atoms with E-state index in [1.54, 1.807) is 20.8 Å². The molecule has 0 spiro atoms. The minimum atomic E-state index is -0.373. The number of aromatic nitrogens is 3. The second-order valence-electron chi connectivity index (χ2n) is 6.76. The monoisotopic (exact) mass is 348 g/mol. The molecule has 7 heteroatoms. The average Bonchev–Trinajstić information content (AvgIpc) is 3.02. The summed E-state index contributed by atoms with van der Waals surface area (Å²) in [5.41, 5.74) is 2.63.